The fourth-order valence-corrected chi connectivity index (χ4v) is 5.11. The molecule has 0 aliphatic carbocycles. The van der Waals surface area contributed by atoms with Crippen molar-refractivity contribution < 1.29 is 27.1 Å². The van der Waals surface area contributed by atoms with E-state index >= 15 is 0 Å². The lowest BCUT2D eigenvalue weighted by molar-refractivity contribution is 0.0323. The summed E-state index contributed by atoms with van der Waals surface area (Å²) in [5, 5.41) is 0. The summed E-state index contributed by atoms with van der Waals surface area (Å²) in [7, 11) is -2.86. The molecule has 1 fully saturated rings. The maximum absolute atomic E-state index is 14.9. The molecule has 3 rings (SSSR count). The van der Waals surface area contributed by atoms with E-state index in [-0.39, 0.29) is 31.2 Å². The van der Waals surface area contributed by atoms with Crippen molar-refractivity contribution in [2.75, 3.05) is 20.2 Å². The zero-order valence-electron chi connectivity index (χ0n) is 17.6. The van der Waals surface area contributed by atoms with Gasteiger partial charge in [-0.25, -0.2) is 17.6 Å². The van der Waals surface area contributed by atoms with Crippen molar-refractivity contribution in [1.29, 1.82) is 0 Å². The highest BCUT2D eigenvalue weighted by Crippen LogP contribution is 2.23. The zero-order chi connectivity index (χ0) is 22.3. The van der Waals surface area contributed by atoms with Crippen LogP contribution in [0.1, 0.15) is 40.7 Å². The minimum Gasteiger partial charge on any atom is -0.465 e. The van der Waals surface area contributed by atoms with Crippen LogP contribution in [0.3, 0.4) is 0 Å². The monoisotopic (exact) mass is 449 g/mol. The van der Waals surface area contributed by atoms with E-state index in [0.29, 0.717) is 25.0 Å². The van der Waals surface area contributed by atoms with Gasteiger partial charge < -0.3 is 9.47 Å². The van der Waals surface area contributed by atoms with E-state index in [4.69, 9.17) is 4.74 Å². The highest BCUT2D eigenvalue weighted by Gasteiger charge is 2.34. The molecule has 0 bridgehead atoms. The number of benzene rings is 2. The summed E-state index contributed by atoms with van der Waals surface area (Å²) in [6.45, 7) is 0.973. The Kier molecular flexibility index (Phi) is 8.17. The predicted octanol–water partition coefficient (Wildman–Crippen LogP) is 3.71. The fourth-order valence-electron chi connectivity index (χ4n) is 3.64. The second-order valence-corrected chi connectivity index (χ2v) is 9.66. The molecule has 1 aliphatic heterocycles. The molecule has 31 heavy (non-hydrogen) atoms. The molecule has 0 radical (unpaired) electrons. The Labute approximate surface area is 183 Å². The van der Waals surface area contributed by atoms with Crippen molar-refractivity contribution in [3.63, 3.8) is 0 Å². The van der Waals surface area contributed by atoms with Gasteiger partial charge in [-0.15, -0.1) is 0 Å². The molecule has 2 aromatic carbocycles. The second kappa shape index (κ2) is 10.8. The highest BCUT2D eigenvalue weighted by atomic mass is 32.2. The molecule has 1 saturated heterocycles. The van der Waals surface area contributed by atoms with Gasteiger partial charge in [0.2, 0.25) is 15.5 Å². The number of sulfonamides is 1. The number of halogens is 1. The number of methoxy groups -OCH3 is 1. The summed E-state index contributed by atoms with van der Waals surface area (Å²) in [5.41, 5.74) is -0.327. The van der Waals surface area contributed by atoms with E-state index in [1.54, 1.807) is 18.2 Å². The number of ether oxygens (including phenoxy) is 2. The summed E-state index contributed by atoms with van der Waals surface area (Å²) in [5.74, 6) is -0.547. The van der Waals surface area contributed by atoms with Gasteiger partial charge in [-0.3, -0.25) is 0 Å². The number of nitrogens with zero attached hydrogens (tertiary/aromatic N) is 1. The van der Waals surface area contributed by atoms with Gasteiger partial charge in [0, 0.05) is 19.5 Å². The van der Waals surface area contributed by atoms with Gasteiger partial charge in [-0.1, -0.05) is 42.5 Å². The zero-order valence-corrected chi connectivity index (χ0v) is 18.4. The molecule has 2 unspecified atom stereocenters. The first-order valence-electron chi connectivity index (χ1n) is 10.4. The molecule has 8 heteroatoms. The molecule has 0 aromatic heterocycles. The second-order valence-electron chi connectivity index (χ2n) is 7.60. The average Bonchev–Trinajstić information content (AvgIpc) is 3.04. The number of rotatable bonds is 8. The SMILES string of the molecule is COC(=O)c1cccc(CC(F)S(=O)(=O)N2CCCC(OCc3ccccc3)CC2)c1. The smallest absolute Gasteiger partial charge is 0.337 e. The van der Waals surface area contributed by atoms with Crippen molar-refractivity contribution in [3.8, 4) is 0 Å². The Morgan fingerprint density at radius 1 is 1.10 bits per heavy atom. The minimum atomic E-state index is -4.12. The third-order valence-electron chi connectivity index (χ3n) is 5.39. The van der Waals surface area contributed by atoms with E-state index < -0.39 is 21.5 Å². The lowest BCUT2D eigenvalue weighted by Crippen LogP contribution is -2.38. The Hall–Kier alpha value is -2.29. The van der Waals surface area contributed by atoms with Crippen LogP contribution < -0.4 is 0 Å². The molecule has 2 aromatic rings. The molecule has 1 aliphatic rings. The number of hydrogen-bond acceptors (Lipinski definition) is 5. The largest absolute Gasteiger partial charge is 0.465 e. The van der Waals surface area contributed by atoms with Crippen molar-refractivity contribution in [3.05, 3.63) is 71.3 Å². The number of carbonyl (C=O) groups is 1. The average molecular weight is 450 g/mol. The maximum atomic E-state index is 14.9. The van der Waals surface area contributed by atoms with Gasteiger partial charge in [0.25, 0.3) is 0 Å². The van der Waals surface area contributed by atoms with Crippen LogP contribution in [-0.4, -0.2) is 50.5 Å². The Bertz CT molecular complexity index is 967. The first kappa shape index (κ1) is 23.4. The number of esters is 1. The quantitative estimate of drug-likeness (QED) is 0.575. The lowest BCUT2D eigenvalue weighted by Gasteiger charge is -2.22. The van der Waals surface area contributed by atoms with E-state index in [1.165, 1.54) is 17.5 Å². The summed E-state index contributed by atoms with van der Waals surface area (Å²) < 4.78 is 52.4. The molecule has 0 amide bonds. The first-order valence-corrected chi connectivity index (χ1v) is 11.9. The predicted molar refractivity (Wildman–Crippen MR) is 116 cm³/mol. The van der Waals surface area contributed by atoms with Crippen LogP contribution in [0.25, 0.3) is 0 Å². The maximum Gasteiger partial charge on any atom is 0.337 e. The van der Waals surface area contributed by atoms with Crippen LogP contribution in [0.2, 0.25) is 0 Å². The van der Waals surface area contributed by atoms with Gasteiger partial charge in [0.15, 0.2) is 0 Å². The molecule has 6 nitrogen and oxygen atoms in total. The molecule has 2 atom stereocenters. The van der Waals surface area contributed by atoms with Gasteiger partial charge in [0.1, 0.15) is 0 Å². The molecular weight excluding hydrogens is 421 g/mol. The summed E-state index contributed by atoms with van der Waals surface area (Å²) in [6, 6.07) is 16.0. The van der Waals surface area contributed by atoms with Crippen molar-refractivity contribution in [1.82, 2.24) is 4.31 Å². The van der Waals surface area contributed by atoms with E-state index in [1.807, 2.05) is 30.3 Å². The van der Waals surface area contributed by atoms with Crippen LogP contribution in [0.15, 0.2) is 54.6 Å². The van der Waals surface area contributed by atoms with Crippen LogP contribution in [0.5, 0.6) is 0 Å². The fraction of sp³-hybridized carbons (Fsp3) is 0.435. The van der Waals surface area contributed by atoms with Crippen molar-refractivity contribution in [2.24, 2.45) is 0 Å². The molecule has 0 saturated carbocycles. The van der Waals surface area contributed by atoms with Crippen LogP contribution in [0, 0.1) is 0 Å². The highest BCUT2D eigenvalue weighted by molar-refractivity contribution is 7.89. The standard InChI is InChI=1S/C23H28FNO5S/c1-29-23(26)20-10-5-9-19(15-20)16-22(24)31(27,28)25-13-6-11-21(12-14-25)30-17-18-7-3-2-4-8-18/h2-5,7-10,15,21-22H,6,11-14,16-17H2,1H3. The van der Waals surface area contributed by atoms with Crippen LogP contribution >= 0.6 is 0 Å². The lowest BCUT2D eigenvalue weighted by atomic mass is 10.1. The van der Waals surface area contributed by atoms with E-state index in [2.05, 4.69) is 4.74 Å². The minimum absolute atomic E-state index is 0.0600. The van der Waals surface area contributed by atoms with Crippen LogP contribution in [-0.2, 0) is 32.5 Å². The summed E-state index contributed by atoms with van der Waals surface area (Å²) in [6.07, 6.45) is 1.49. The Morgan fingerprint density at radius 2 is 1.84 bits per heavy atom. The molecule has 0 spiro atoms. The Balaban J connectivity index is 1.57. The normalized spacial score (nSPS) is 18.8. The first-order chi connectivity index (χ1) is 14.9. The number of carbonyl (C=O) groups excluding carboxylic acids is 1. The van der Waals surface area contributed by atoms with E-state index in [9.17, 15) is 17.6 Å². The number of alkyl halides is 1. The van der Waals surface area contributed by atoms with Crippen molar-refractivity contribution >= 4 is 16.0 Å². The molecule has 168 valence electrons. The summed E-state index contributed by atoms with van der Waals surface area (Å²) >= 11 is 0. The molecule has 0 N–H and O–H groups in total. The molecular formula is C23H28FNO5S. The third kappa shape index (κ3) is 6.35. The van der Waals surface area contributed by atoms with Gasteiger partial charge >= 0.3 is 5.97 Å². The third-order valence-corrected chi connectivity index (χ3v) is 7.29. The van der Waals surface area contributed by atoms with Crippen molar-refractivity contribution in [2.45, 2.75) is 43.9 Å². The molecule has 1 heterocycles. The van der Waals surface area contributed by atoms with Gasteiger partial charge in [-0.2, -0.15) is 4.31 Å². The topological polar surface area (TPSA) is 72.9 Å². The Morgan fingerprint density at radius 3 is 2.58 bits per heavy atom. The summed E-state index contributed by atoms with van der Waals surface area (Å²) in [4.78, 5) is 11.7. The van der Waals surface area contributed by atoms with Gasteiger partial charge in [-0.05, 0) is 42.5 Å². The van der Waals surface area contributed by atoms with E-state index in [0.717, 1.165) is 12.0 Å². The van der Waals surface area contributed by atoms with Crippen LogP contribution in [0.4, 0.5) is 4.39 Å². The number of hydrogen-bond donors (Lipinski definition) is 0. The van der Waals surface area contributed by atoms with Gasteiger partial charge in [0.05, 0.1) is 25.4 Å².